The van der Waals surface area contributed by atoms with Gasteiger partial charge in [0.05, 0.1) is 12.2 Å². The predicted molar refractivity (Wildman–Crippen MR) is 78.2 cm³/mol. The molecule has 2 heterocycles. The highest BCUT2D eigenvalue weighted by Gasteiger charge is 2.19. The van der Waals surface area contributed by atoms with Crippen molar-refractivity contribution in [3.8, 4) is 0 Å². The van der Waals surface area contributed by atoms with Gasteiger partial charge in [-0.05, 0) is 26.4 Å². The van der Waals surface area contributed by atoms with Crippen molar-refractivity contribution in [3.05, 3.63) is 16.1 Å². The van der Waals surface area contributed by atoms with Crippen molar-refractivity contribution < 1.29 is 0 Å². The van der Waals surface area contributed by atoms with Crippen LogP contribution in [0.3, 0.4) is 0 Å². The first-order valence-corrected chi connectivity index (χ1v) is 7.74. The molecule has 102 valence electrons. The Hall–Kier alpha value is -0.450. The van der Waals surface area contributed by atoms with E-state index in [1.165, 1.54) is 23.7 Å². The Morgan fingerprint density at radius 1 is 1.50 bits per heavy atom. The maximum absolute atomic E-state index is 4.79. The number of aromatic nitrogens is 1. The fraction of sp³-hybridized carbons (Fsp3) is 0.786. The third kappa shape index (κ3) is 3.77. The molecule has 1 aromatic rings. The minimum Gasteiger partial charge on any atom is -0.313 e. The number of thiazole rings is 1. The predicted octanol–water partition coefficient (Wildman–Crippen LogP) is 2.62. The van der Waals surface area contributed by atoms with Gasteiger partial charge in [0, 0.05) is 23.4 Å². The Morgan fingerprint density at radius 3 is 2.94 bits per heavy atom. The summed E-state index contributed by atoms with van der Waals surface area (Å²) in [5.74, 6) is 0. The lowest BCUT2D eigenvalue weighted by molar-refractivity contribution is 0.264. The Labute approximate surface area is 115 Å². The van der Waals surface area contributed by atoms with Crippen LogP contribution in [-0.4, -0.2) is 35.6 Å². The lowest BCUT2D eigenvalue weighted by Gasteiger charge is -2.21. The van der Waals surface area contributed by atoms with E-state index in [1.54, 1.807) is 11.3 Å². The molecule has 2 rings (SSSR count). The standard InChI is InChI=1S/C14H25N3S/c1-11-8-17(7-5-6-15-11)9-13-16-12(10-18-13)14(2,3)4/h10-11,15H,5-9H2,1-4H3. The van der Waals surface area contributed by atoms with Crippen molar-refractivity contribution in [2.75, 3.05) is 19.6 Å². The molecule has 0 aliphatic carbocycles. The van der Waals surface area contributed by atoms with E-state index in [2.05, 4.69) is 43.3 Å². The van der Waals surface area contributed by atoms with E-state index in [-0.39, 0.29) is 5.41 Å². The maximum Gasteiger partial charge on any atom is 0.107 e. The van der Waals surface area contributed by atoms with E-state index in [4.69, 9.17) is 4.98 Å². The fourth-order valence-electron chi connectivity index (χ4n) is 2.26. The number of hydrogen-bond acceptors (Lipinski definition) is 4. The molecule has 4 heteroatoms. The molecule has 1 aliphatic rings. The minimum atomic E-state index is 0.169. The van der Waals surface area contributed by atoms with Crippen molar-refractivity contribution in [1.29, 1.82) is 0 Å². The summed E-state index contributed by atoms with van der Waals surface area (Å²) >= 11 is 1.80. The van der Waals surface area contributed by atoms with Gasteiger partial charge in [-0.3, -0.25) is 4.90 Å². The van der Waals surface area contributed by atoms with Crippen LogP contribution in [0, 0.1) is 0 Å². The summed E-state index contributed by atoms with van der Waals surface area (Å²) in [6, 6.07) is 0.592. The summed E-state index contributed by atoms with van der Waals surface area (Å²) in [7, 11) is 0. The molecular weight excluding hydrogens is 242 g/mol. The molecule has 1 unspecified atom stereocenters. The van der Waals surface area contributed by atoms with Crippen molar-refractivity contribution in [3.63, 3.8) is 0 Å². The minimum absolute atomic E-state index is 0.169. The molecule has 0 amide bonds. The van der Waals surface area contributed by atoms with Gasteiger partial charge >= 0.3 is 0 Å². The second kappa shape index (κ2) is 5.68. The van der Waals surface area contributed by atoms with Gasteiger partial charge in [0.1, 0.15) is 5.01 Å². The Bertz CT molecular complexity index is 381. The SMILES string of the molecule is CC1CN(Cc2nc(C(C)(C)C)cs2)CCCN1. The quantitative estimate of drug-likeness (QED) is 0.893. The first kappa shape index (κ1) is 14.0. The van der Waals surface area contributed by atoms with E-state index in [0.29, 0.717) is 6.04 Å². The van der Waals surface area contributed by atoms with E-state index in [1.807, 2.05) is 0 Å². The molecule has 1 aromatic heterocycles. The van der Waals surface area contributed by atoms with Gasteiger partial charge in [-0.1, -0.05) is 20.8 Å². The van der Waals surface area contributed by atoms with Crippen LogP contribution >= 0.6 is 11.3 Å². The maximum atomic E-state index is 4.79. The largest absolute Gasteiger partial charge is 0.313 e. The fourth-order valence-corrected chi connectivity index (χ4v) is 3.32. The molecule has 1 saturated heterocycles. The van der Waals surface area contributed by atoms with Crippen LogP contribution in [0.1, 0.15) is 44.8 Å². The molecule has 1 aliphatic heterocycles. The molecule has 0 aromatic carbocycles. The third-order valence-corrected chi connectivity index (χ3v) is 4.19. The van der Waals surface area contributed by atoms with E-state index >= 15 is 0 Å². The van der Waals surface area contributed by atoms with Gasteiger partial charge in [-0.25, -0.2) is 4.98 Å². The Morgan fingerprint density at radius 2 is 2.28 bits per heavy atom. The normalized spacial score (nSPS) is 23.0. The van der Waals surface area contributed by atoms with Gasteiger partial charge in [-0.15, -0.1) is 11.3 Å². The number of rotatable bonds is 2. The van der Waals surface area contributed by atoms with Crippen LogP contribution in [0.15, 0.2) is 5.38 Å². The average Bonchev–Trinajstić information content (AvgIpc) is 2.63. The van der Waals surface area contributed by atoms with Crippen molar-refractivity contribution in [2.24, 2.45) is 0 Å². The summed E-state index contributed by atoms with van der Waals surface area (Å²) in [5, 5.41) is 7.01. The summed E-state index contributed by atoms with van der Waals surface area (Å²) in [6.07, 6.45) is 1.24. The van der Waals surface area contributed by atoms with Crippen molar-refractivity contribution in [2.45, 2.75) is 52.1 Å². The topological polar surface area (TPSA) is 28.2 Å². The zero-order chi connectivity index (χ0) is 13.2. The lowest BCUT2D eigenvalue weighted by atomic mass is 9.93. The molecule has 0 saturated carbocycles. The number of nitrogens with one attached hydrogen (secondary N) is 1. The molecule has 0 spiro atoms. The van der Waals surface area contributed by atoms with Crippen molar-refractivity contribution in [1.82, 2.24) is 15.2 Å². The van der Waals surface area contributed by atoms with Crippen LogP contribution in [0.2, 0.25) is 0 Å². The van der Waals surface area contributed by atoms with Crippen LogP contribution in [-0.2, 0) is 12.0 Å². The average molecular weight is 267 g/mol. The molecule has 1 fully saturated rings. The molecule has 0 bridgehead atoms. The molecular formula is C14H25N3S. The van der Waals surface area contributed by atoms with E-state index < -0.39 is 0 Å². The summed E-state index contributed by atoms with van der Waals surface area (Å²) in [4.78, 5) is 7.31. The molecule has 3 nitrogen and oxygen atoms in total. The smallest absolute Gasteiger partial charge is 0.107 e. The highest BCUT2D eigenvalue weighted by atomic mass is 32.1. The van der Waals surface area contributed by atoms with Gasteiger partial charge in [-0.2, -0.15) is 0 Å². The molecule has 1 atom stereocenters. The van der Waals surface area contributed by atoms with E-state index in [0.717, 1.165) is 19.6 Å². The van der Waals surface area contributed by atoms with Gasteiger partial charge < -0.3 is 5.32 Å². The van der Waals surface area contributed by atoms with Gasteiger partial charge in [0.2, 0.25) is 0 Å². The highest BCUT2D eigenvalue weighted by Crippen LogP contribution is 2.24. The summed E-state index contributed by atoms with van der Waals surface area (Å²) in [5.41, 5.74) is 1.39. The number of nitrogens with zero attached hydrogens (tertiary/aromatic N) is 2. The van der Waals surface area contributed by atoms with Crippen LogP contribution < -0.4 is 5.32 Å². The Kier molecular flexibility index (Phi) is 4.41. The lowest BCUT2D eigenvalue weighted by Crippen LogP contribution is -2.34. The van der Waals surface area contributed by atoms with Crippen LogP contribution in [0.5, 0.6) is 0 Å². The molecule has 0 radical (unpaired) electrons. The van der Waals surface area contributed by atoms with Crippen molar-refractivity contribution >= 4 is 11.3 Å². The summed E-state index contributed by atoms with van der Waals surface area (Å²) in [6.45, 7) is 13.4. The van der Waals surface area contributed by atoms with E-state index in [9.17, 15) is 0 Å². The number of hydrogen-bond donors (Lipinski definition) is 1. The van der Waals surface area contributed by atoms with Crippen LogP contribution in [0.4, 0.5) is 0 Å². The highest BCUT2D eigenvalue weighted by molar-refractivity contribution is 7.09. The molecule has 18 heavy (non-hydrogen) atoms. The zero-order valence-corrected chi connectivity index (χ0v) is 12.8. The monoisotopic (exact) mass is 267 g/mol. The molecule has 1 N–H and O–H groups in total. The van der Waals surface area contributed by atoms with Gasteiger partial charge in [0.15, 0.2) is 0 Å². The third-order valence-electron chi connectivity index (χ3n) is 3.36. The first-order valence-electron chi connectivity index (χ1n) is 6.86. The second-order valence-corrected chi connectivity index (χ2v) is 7.26. The van der Waals surface area contributed by atoms with Gasteiger partial charge in [0.25, 0.3) is 0 Å². The zero-order valence-electron chi connectivity index (χ0n) is 12.0. The second-order valence-electron chi connectivity index (χ2n) is 6.32. The van der Waals surface area contributed by atoms with Crippen LogP contribution in [0.25, 0.3) is 0 Å². The Balaban J connectivity index is 1.98. The summed E-state index contributed by atoms with van der Waals surface area (Å²) < 4.78 is 0. The first-order chi connectivity index (χ1) is 8.45.